The van der Waals surface area contributed by atoms with Gasteiger partial charge >= 0.3 is 5.97 Å². The molecule has 4 aromatic rings. The van der Waals surface area contributed by atoms with E-state index in [2.05, 4.69) is 22.5 Å². The molecule has 3 saturated heterocycles. The lowest BCUT2D eigenvalue weighted by Gasteiger charge is -2.50. The molecule has 0 spiro atoms. The summed E-state index contributed by atoms with van der Waals surface area (Å²) in [4.78, 5) is 17.5. The molecule has 0 radical (unpaired) electrons. The Hall–Kier alpha value is -3.94. The van der Waals surface area contributed by atoms with Crippen LogP contribution in [0.4, 0.5) is 0 Å². The molecule has 0 amide bonds. The number of hydrogen-bond donors (Lipinski definition) is 3. The molecule has 7 nitrogen and oxygen atoms in total. The van der Waals surface area contributed by atoms with Crippen LogP contribution in [0, 0.1) is 11.8 Å². The van der Waals surface area contributed by atoms with Crippen molar-refractivity contribution in [3.63, 3.8) is 0 Å². The number of benzene rings is 3. The summed E-state index contributed by atoms with van der Waals surface area (Å²) in [7, 11) is 1.66. The van der Waals surface area contributed by atoms with Crippen molar-refractivity contribution in [2.24, 2.45) is 11.8 Å². The maximum atomic E-state index is 11.2. The number of carboxylic acid groups (broad SMARTS) is 1. The molecule has 1 aromatic heterocycles. The molecule has 3 aliphatic heterocycles. The van der Waals surface area contributed by atoms with E-state index in [9.17, 15) is 15.0 Å². The zero-order chi connectivity index (χ0) is 26.8. The van der Waals surface area contributed by atoms with E-state index in [1.807, 2.05) is 24.3 Å². The molecule has 7 heteroatoms. The van der Waals surface area contributed by atoms with Gasteiger partial charge in [0, 0.05) is 24.2 Å². The van der Waals surface area contributed by atoms with Gasteiger partial charge in [-0.2, -0.15) is 0 Å². The number of aromatic hydroxyl groups is 1. The van der Waals surface area contributed by atoms with Crippen LogP contribution < -0.4 is 4.74 Å². The Balaban J connectivity index is 0.000000179. The zero-order valence-corrected chi connectivity index (χ0v) is 21.3. The van der Waals surface area contributed by atoms with Crippen LogP contribution in [0.3, 0.4) is 0 Å². The maximum absolute atomic E-state index is 11.2. The third-order valence-corrected chi connectivity index (χ3v) is 7.89. The van der Waals surface area contributed by atoms with Gasteiger partial charge in [-0.05, 0) is 96.1 Å². The largest absolute Gasteiger partial charge is 0.508 e. The molecule has 0 aliphatic carbocycles. The van der Waals surface area contributed by atoms with E-state index in [-0.39, 0.29) is 17.4 Å². The number of piperidine rings is 3. The molecule has 2 bridgehead atoms. The normalized spacial score (nSPS) is 22.9. The number of carboxylic acids is 1. The number of aromatic carboxylic acids is 1. The van der Waals surface area contributed by atoms with Crippen LogP contribution in [-0.2, 0) is 0 Å². The van der Waals surface area contributed by atoms with Gasteiger partial charge in [-0.25, -0.2) is 4.79 Å². The van der Waals surface area contributed by atoms with Gasteiger partial charge in [-0.15, -0.1) is 6.58 Å². The minimum absolute atomic E-state index is 0.178. The van der Waals surface area contributed by atoms with Gasteiger partial charge < -0.3 is 20.1 Å². The number of methoxy groups -OCH3 is 1. The highest BCUT2D eigenvalue weighted by atomic mass is 16.5. The number of phenolic OH excluding ortho intramolecular Hbond substituents is 1. The number of aliphatic hydroxyl groups is 1. The smallest absolute Gasteiger partial charge is 0.335 e. The van der Waals surface area contributed by atoms with E-state index >= 15 is 0 Å². The summed E-state index contributed by atoms with van der Waals surface area (Å²) in [6, 6.07) is 17.6. The van der Waals surface area contributed by atoms with Crippen molar-refractivity contribution in [2.45, 2.75) is 25.0 Å². The summed E-state index contributed by atoms with van der Waals surface area (Å²) in [5.74, 6) is 1.24. The van der Waals surface area contributed by atoms with Gasteiger partial charge in [-0.3, -0.25) is 9.88 Å². The molecule has 1 unspecified atom stereocenters. The summed E-state index contributed by atoms with van der Waals surface area (Å²) >= 11 is 0. The topological polar surface area (TPSA) is 103 Å². The fourth-order valence-electron chi connectivity index (χ4n) is 5.81. The van der Waals surface area contributed by atoms with Crippen molar-refractivity contribution < 1.29 is 24.9 Å². The van der Waals surface area contributed by atoms with Crippen molar-refractivity contribution in [3.8, 4) is 11.5 Å². The minimum Gasteiger partial charge on any atom is -0.508 e. The van der Waals surface area contributed by atoms with Crippen molar-refractivity contribution in [3.05, 3.63) is 90.6 Å². The van der Waals surface area contributed by atoms with E-state index in [0.717, 1.165) is 52.5 Å². The van der Waals surface area contributed by atoms with Gasteiger partial charge in [-0.1, -0.05) is 18.2 Å². The highest BCUT2D eigenvalue weighted by molar-refractivity contribution is 5.94. The Kier molecular flexibility index (Phi) is 7.31. The summed E-state index contributed by atoms with van der Waals surface area (Å²) in [6.07, 6.45) is 5.62. The highest BCUT2D eigenvalue weighted by Gasteiger charge is 2.42. The van der Waals surface area contributed by atoms with Crippen LogP contribution in [0.1, 0.15) is 34.9 Å². The second kappa shape index (κ2) is 10.8. The number of ether oxygens (including phenoxy) is 1. The number of rotatable bonds is 5. The first kappa shape index (κ1) is 25.7. The number of fused-ring (bicyclic) bond motifs is 5. The Morgan fingerprint density at radius 2 is 1.92 bits per heavy atom. The first-order valence-corrected chi connectivity index (χ1v) is 12.8. The first-order valence-electron chi connectivity index (χ1n) is 12.8. The fraction of sp³-hybridized carbons (Fsp3) is 0.290. The SMILES string of the molecule is C=C[C@H]1CN2CC[C@H]1C[C@@H]2[C@@H](O)c1ccnc2ccc(OC)cc12.O=C(O)c1ccc2cc(O)ccc2c1. The Bertz CT molecular complexity index is 1490. The van der Waals surface area contributed by atoms with Crippen LogP contribution in [-0.4, -0.2) is 57.4 Å². The quantitative estimate of drug-likeness (QED) is 0.307. The van der Waals surface area contributed by atoms with Crippen LogP contribution in [0.2, 0.25) is 0 Å². The molecular weight excluding hydrogens is 480 g/mol. The molecule has 38 heavy (non-hydrogen) atoms. The summed E-state index contributed by atoms with van der Waals surface area (Å²) in [5.41, 5.74) is 2.10. The van der Waals surface area contributed by atoms with Gasteiger partial charge in [0.1, 0.15) is 11.5 Å². The maximum Gasteiger partial charge on any atom is 0.335 e. The molecule has 5 atom stereocenters. The van der Waals surface area contributed by atoms with Crippen LogP contribution in [0.25, 0.3) is 21.7 Å². The van der Waals surface area contributed by atoms with Crippen molar-refractivity contribution in [1.82, 2.24) is 9.88 Å². The predicted octanol–water partition coefficient (Wildman–Crippen LogP) is 5.42. The van der Waals surface area contributed by atoms with Crippen molar-refractivity contribution >= 4 is 27.6 Å². The van der Waals surface area contributed by atoms with Gasteiger partial charge in [0.2, 0.25) is 0 Å². The number of hydrogen-bond acceptors (Lipinski definition) is 6. The van der Waals surface area contributed by atoms with E-state index in [0.29, 0.717) is 11.8 Å². The number of aliphatic hydroxyl groups excluding tert-OH is 1. The number of nitrogens with zero attached hydrogens (tertiary/aromatic N) is 2. The van der Waals surface area contributed by atoms with E-state index in [1.54, 1.807) is 37.6 Å². The molecular formula is C31H32N2O5. The Labute approximate surface area is 221 Å². The van der Waals surface area contributed by atoms with Gasteiger partial charge in [0.15, 0.2) is 0 Å². The van der Waals surface area contributed by atoms with Crippen LogP contribution >= 0.6 is 0 Å². The van der Waals surface area contributed by atoms with E-state index in [1.165, 1.54) is 18.6 Å². The molecule has 3 fully saturated rings. The Morgan fingerprint density at radius 1 is 1.13 bits per heavy atom. The lowest BCUT2D eigenvalue weighted by molar-refractivity contribution is -0.0444. The minimum atomic E-state index is -0.944. The van der Waals surface area contributed by atoms with Crippen molar-refractivity contribution in [1.29, 1.82) is 0 Å². The molecule has 4 heterocycles. The second-order valence-electron chi connectivity index (χ2n) is 10.0. The first-order chi connectivity index (χ1) is 18.4. The monoisotopic (exact) mass is 512 g/mol. The lowest BCUT2D eigenvalue weighted by Crippen LogP contribution is -2.54. The average molecular weight is 513 g/mol. The van der Waals surface area contributed by atoms with E-state index < -0.39 is 12.1 Å². The van der Waals surface area contributed by atoms with Crippen molar-refractivity contribution in [2.75, 3.05) is 20.2 Å². The fourth-order valence-corrected chi connectivity index (χ4v) is 5.81. The van der Waals surface area contributed by atoms with Gasteiger partial charge in [0.05, 0.1) is 24.3 Å². The van der Waals surface area contributed by atoms with Crippen LogP contribution in [0.15, 0.2) is 79.5 Å². The second-order valence-corrected chi connectivity index (χ2v) is 10.0. The zero-order valence-electron chi connectivity index (χ0n) is 21.3. The molecule has 3 aromatic carbocycles. The predicted molar refractivity (Wildman–Crippen MR) is 148 cm³/mol. The third kappa shape index (κ3) is 5.08. The summed E-state index contributed by atoms with van der Waals surface area (Å²) in [6.45, 7) is 6.07. The third-order valence-electron chi connectivity index (χ3n) is 7.89. The summed E-state index contributed by atoms with van der Waals surface area (Å²) < 4.78 is 5.35. The lowest BCUT2D eigenvalue weighted by atomic mass is 9.73. The van der Waals surface area contributed by atoms with Crippen LogP contribution in [0.5, 0.6) is 11.5 Å². The molecule has 196 valence electrons. The summed E-state index contributed by atoms with van der Waals surface area (Å²) in [5, 5.41) is 31.7. The standard InChI is InChI=1S/C20H24N2O2.C11H8O3/c1-3-13-12-22-9-7-14(13)10-19(22)20(23)16-6-8-21-18-5-4-15(24-2)11-17(16)18;12-10-4-3-7-5-9(11(13)14)2-1-8(7)6-10/h3-6,8,11,13-14,19-20,23H,1,7,9-10,12H2,2H3;1-6,12H,(H,13,14)/t13-,14-,19+,20-;/m0./s1. The molecule has 3 N–H and O–H groups in total. The average Bonchev–Trinajstić information content (AvgIpc) is 2.96. The highest BCUT2D eigenvalue weighted by Crippen LogP contribution is 2.42. The number of phenols is 1. The number of carbonyl (C=O) groups is 1. The molecule has 3 aliphatic rings. The molecule has 0 saturated carbocycles. The van der Waals surface area contributed by atoms with E-state index in [4.69, 9.17) is 9.84 Å². The van der Waals surface area contributed by atoms with Gasteiger partial charge in [0.25, 0.3) is 0 Å². The number of pyridine rings is 1. The number of aromatic nitrogens is 1. The molecule has 7 rings (SSSR count). The Morgan fingerprint density at radius 3 is 2.63 bits per heavy atom.